The van der Waals surface area contributed by atoms with Crippen LogP contribution in [0.1, 0.15) is 30.3 Å². The second kappa shape index (κ2) is 5.74. The van der Waals surface area contributed by atoms with Gasteiger partial charge in [0.15, 0.2) is 0 Å². The summed E-state index contributed by atoms with van der Waals surface area (Å²) in [5.41, 5.74) is 0.313. The van der Waals surface area contributed by atoms with Crippen LogP contribution < -0.4 is 0 Å². The normalized spacial score (nSPS) is 19.1. The van der Waals surface area contributed by atoms with E-state index in [2.05, 4.69) is 5.16 Å². The van der Waals surface area contributed by atoms with Gasteiger partial charge in [0.2, 0.25) is 10.0 Å². The number of nitrogens with zero attached hydrogens (tertiary/aromatic N) is 3. The zero-order valence-electron chi connectivity index (χ0n) is 12.4. The number of rotatable bonds is 4. The molecule has 1 aliphatic rings. The molecule has 0 amide bonds. The Bertz CT molecular complexity index is 846. The van der Waals surface area contributed by atoms with Crippen LogP contribution >= 0.6 is 0 Å². The molecule has 122 valence electrons. The van der Waals surface area contributed by atoms with Crippen LogP contribution in [0.15, 0.2) is 39.8 Å². The Hall–Kier alpha value is -2.26. The summed E-state index contributed by atoms with van der Waals surface area (Å²) in [5, 5.41) is 14.8. The van der Waals surface area contributed by atoms with Crippen LogP contribution in [0.2, 0.25) is 0 Å². The Kier molecular flexibility index (Phi) is 3.90. The molecular weight excluding hydrogens is 322 g/mol. The fraction of sp³-hybridized carbons (Fsp3) is 0.357. The molecule has 0 spiro atoms. The SMILES string of the molecule is Cc1cc([C@H]2CCCN2S(=O)(=O)c2cccc([N+](=O)[O-])c2)no1. The number of aromatic nitrogens is 1. The first-order valence-electron chi connectivity index (χ1n) is 7.09. The molecule has 1 fully saturated rings. The van der Waals surface area contributed by atoms with Crippen molar-refractivity contribution in [2.75, 3.05) is 6.54 Å². The minimum Gasteiger partial charge on any atom is -0.361 e. The number of nitro groups is 1. The van der Waals surface area contributed by atoms with Gasteiger partial charge in [0, 0.05) is 24.7 Å². The van der Waals surface area contributed by atoms with Gasteiger partial charge < -0.3 is 4.52 Å². The van der Waals surface area contributed by atoms with Gasteiger partial charge in [-0.15, -0.1) is 0 Å². The lowest BCUT2D eigenvalue weighted by atomic mass is 10.1. The summed E-state index contributed by atoms with van der Waals surface area (Å²) in [7, 11) is -3.84. The zero-order valence-corrected chi connectivity index (χ0v) is 13.2. The molecule has 0 saturated carbocycles. The number of hydrogen-bond donors (Lipinski definition) is 0. The molecule has 1 aromatic carbocycles. The number of nitro benzene ring substituents is 1. The van der Waals surface area contributed by atoms with Crippen LogP contribution in [0.4, 0.5) is 5.69 Å². The van der Waals surface area contributed by atoms with Crippen molar-refractivity contribution in [3.8, 4) is 0 Å². The Morgan fingerprint density at radius 2 is 2.17 bits per heavy atom. The second-order valence-electron chi connectivity index (χ2n) is 5.39. The van der Waals surface area contributed by atoms with E-state index in [1.54, 1.807) is 13.0 Å². The first-order valence-corrected chi connectivity index (χ1v) is 8.53. The summed E-state index contributed by atoms with van der Waals surface area (Å²) in [4.78, 5) is 10.2. The van der Waals surface area contributed by atoms with Crippen LogP contribution in [-0.2, 0) is 10.0 Å². The van der Waals surface area contributed by atoms with Crippen molar-refractivity contribution in [2.45, 2.75) is 30.7 Å². The van der Waals surface area contributed by atoms with E-state index in [1.165, 1.54) is 22.5 Å². The van der Waals surface area contributed by atoms with Gasteiger partial charge in [0.25, 0.3) is 5.69 Å². The van der Waals surface area contributed by atoms with Gasteiger partial charge in [0.1, 0.15) is 11.5 Å². The molecule has 0 unspecified atom stereocenters. The molecule has 1 aliphatic heterocycles. The Labute approximate surface area is 132 Å². The average molecular weight is 337 g/mol. The molecule has 1 aromatic heterocycles. The lowest BCUT2D eigenvalue weighted by Crippen LogP contribution is -2.30. The monoisotopic (exact) mass is 337 g/mol. The van der Waals surface area contributed by atoms with Gasteiger partial charge in [0.05, 0.1) is 15.9 Å². The minimum absolute atomic E-state index is 0.0844. The van der Waals surface area contributed by atoms with Crippen molar-refractivity contribution in [1.29, 1.82) is 0 Å². The van der Waals surface area contributed by atoms with E-state index in [-0.39, 0.29) is 10.6 Å². The summed E-state index contributed by atoms with van der Waals surface area (Å²) in [6, 6.07) is 6.39. The van der Waals surface area contributed by atoms with Crippen molar-refractivity contribution in [1.82, 2.24) is 9.46 Å². The van der Waals surface area contributed by atoms with E-state index in [0.717, 1.165) is 6.07 Å². The maximum atomic E-state index is 12.8. The van der Waals surface area contributed by atoms with Crippen molar-refractivity contribution in [3.05, 3.63) is 51.9 Å². The molecule has 0 radical (unpaired) electrons. The molecular formula is C14H15N3O5S. The summed E-state index contributed by atoms with van der Waals surface area (Å²) in [5.74, 6) is 0.611. The number of benzene rings is 1. The fourth-order valence-electron chi connectivity index (χ4n) is 2.76. The van der Waals surface area contributed by atoms with Gasteiger partial charge in [-0.05, 0) is 25.8 Å². The van der Waals surface area contributed by atoms with Crippen LogP contribution in [0.5, 0.6) is 0 Å². The lowest BCUT2D eigenvalue weighted by Gasteiger charge is -2.22. The Morgan fingerprint density at radius 3 is 2.83 bits per heavy atom. The molecule has 1 atom stereocenters. The third-order valence-corrected chi connectivity index (χ3v) is 5.73. The van der Waals surface area contributed by atoms with Crippen LogP contribution in [0, 0.1) is 17.0 Å². The standard InChI is InChI=1S/C14H15N3O5S/c1-10-8-13(15-22-10)14-6-3-7-16(14)23(20,21)12-5-2-4-11(9-12)17(18)19/h2,4-5,8-9,14H,3,6-7H2,1H3/t14-/m1/s1. The van der Waals surface area contributed by atoms with Crippen molar-refractivity contribution >= 4 is 15.7 Å². The van der Waals surface area contributed by atoms with Gasteiger partial charge >= 0.3 is 0 Å². The Balaban J connectivity index is 1.98. The molecule has 2 aromatic rings. The van der Waals surface area contributed by atoms with Gasteiger partial charge in [-0.1, -0.05) is 11.2 Å². The predicted molar refractivity (Wildman–Crippen MR) is 80.2 cm³/mol. The van der Waals surface area contributed by atoms with Crippen LogP contribution in [0.3, 0.4) is 0 Å². The number of hydrogen-bond acceptors (Lipinski definition) is 6. The number of sulfonamides is 1. The summed E-state index contributed by atoms with van der Waals surface area (Å²) in [6.07, 6.45) is 1.34. The van der Waals surface area contributed by atoms with Gasteiger partial charge in [-0.3, -0.25) is 10.1 Å². The van der Waals surface area contributed by atoms with Gasteiger partial charge in [-0.2, -0.15) is 4.31 Å². The minimum atomic E-state index is -3.84. The van der Waals surface area contributed by atoms with Crippen LogP contribution in [0.25, 0.3) is 0 Å². The molecule has 0 bridgehead atoms. The van der Waals surface area contributed by atoms with E-state index in [4.69, 9.17) is 4.52 Å². The molecule has 23 heavy (non-hydrogen) atoms. The Morgan fingerprint density at radius 1 is 1.39 bits per heavy atom. The second-order valence-corrected chi connectivity index (χ2v) is 7.28. The zero-order chi connectivity index (χ0) is 16.6. The summed E-state index contributed by atoms with van der Waals surface area (Å²) in [6.45, 7) is 2.09. The largest absolute Gasteiger partial charge is 0.361 e. The highest BCUT2D eigenvalue weighted by Gasteiger charge is 2.38. The third-order valence-electron chi connectivity index (χ3n) is 3.83. The highest BCUT2D eigenvalue weighted by Crippen LogP contribution is 2.36. The first-order chi connectivity index (χ1) is 10.9. The van der Waals surface area contributed by atoms with E-state index in [1.807, 2.05) is 0 Å². The molecule has 9 heteroatoms. The van der Waals surface area contributed by atoms with E-state index in [0.29, 0.717) is 30.8 Å². The lowest BCUT2D eigenvalue weighted by molar-refractivity contribution is -0.385. The van der Waals surface area contributed by atoms with Crippen molar-refractivity contribution in [3.63, 3.8) is 0 Å². The highest BCUT2D eigenvalue weighted by atomic mass is 32.2. The molecule has 0 aliphatic carbocycles. The maximum absolute atomic E-state index is 12.8. The maximum Gasteiger partial charge on any atom is 0.270 e. The summed E-state index contributed by atoms with van der Waals surface area (Å²) >= 11 is 0. The topological polar surface area (TPSA) is 107 Å². The predicted octanol–water partition coefficient (Wildman–Crippen LogP) is 2.42. The van der Waals surface area contributed by atoms with Crippen LogP contribution in [-0.4, -0.2) is 29.3 Å². The molecule has 0 N–H and O–H groups in total. The average Bonchev–Trinajstić information content (AvgIpc) is 3.16. The summed E-state index contributed by atoms with van der Waals surface area (Å²) < 4.78 is 32.1. The van der Waals surface area contributed by atoms with E-state index in [9.17, 15) is 18.5 Å². The molecule has 1 saturated heterocycles. The quantitative estimate of drug-likeness (QED) is 0.626. The van der Waals surface area contributed by atoms with Crippen molar-refractivity contribution in [2.24, 2.45) is 0 Å². The fourth-order valence-corrected chi connectivity index (χ4v) is 4.47. The number of non-ortho nitro benzene ring substituents is 1. The van der Waals surface area contributed by atoms with Crippen molar-refractivity contribution < 1.29 is 17.9 Å². The first kappa shape index (κ1) is 15.6. The van der Waals surface area contributed by atoms with E-state index >= 15 is 0 Å². The molecule has 3 rings (SSSR count). The van der Waals surface area contributed by atoms with Gasteiger partial charge in [-0.25, -0.2) is 8.42 Å². The smallest absolute Gasteiger partial charge is 0.270 e. The molecule has 8 nitrogen and oxygen atoms in total. The highest BCUT2D eigenvalue weighted by molar-refractivity contribution is 7.89. The third kappa shape index (κ3) is 2.84. The number of aryl methyl sites for hydroxylation is 1. The molecule has 2 heterocycles. The van der Waals surface area contributed by atoms with E-state index < -0.39 is 21.0 Å².